The predicted molar refractivity (Wildman–Crippen MR) is 123 cm³/mol. The van der Waals surface area contributed by atoms with Crippen LogP contribution >= 0.6 is 15.6 Å². The molecule has 2 aromatic heterocycles. The molecule has 4 heterocycles. The fraction of sp³-hybridized carbons (Fsp3) is 0.706. The van der Waals surface area contributed by atoms with Gasteiger partial charge in [0.25, 0.3) is 0 Å². The molecule has 0 spiro atoms. The van der Waals surface area contributed by atoms with Crippen LogP contribution in [0.5, 0.6) is 0 Å². The number of nitrogens with two attached hydrogens (primary N) is 1. The number of rotatable bonds is 10. The monoisotopic (exact) mass is 619 g/mol. The Morgan fingerprint density at radius 3 is 2.35 bits per heavy atom. The average Bonchev–Trinajstić information content (AvgIpc) is 3.43. The smallest absolute Gasteiger partial charge is 0.394 e. The lowest BCUT2D eigenvalue weighted by atomic mass is 9.96. The molecule has 2 aliphatic rings. The molecule has 2 fully saturated rings. The van der Waals surface area contributed by atoms with Crippen molar-refractivity contribution in [2.45, 2.75) is 61.3 Å². The molecule has 40 heavy (non-hydrogen) atoms. The zero-order chi connectivity index (χ0) is 29.6. The lowest BCUT2D eigenvalue weighted by Crippen LogP contribution is -2.61. The van der Waals surface area contributed by atoms with Crippen molar-refractivity contribution in [3.63, 3.8) is 0 Å². The van der Waals surface area contributed by atoms with Gasteiger partial charge < -0.3 is 60.7 Å². The Morgan fingerprint density at radius 1 is 0.975 bits per heavy atom. The normalized spacial score (nSPS) is 36.8. The number of fused-ring (bicyclic) bond motifs is 1. The summed E-state index contributed by atoms with van der Waals surface area (Å²) >= 11 is 0. The van der Waals surface area contributed by atoms with Crippen LogP contribution in [-0.4, -0.2) is 133 Å². The van der Waals surface area contributed by atoms with Crippen LogP contribution in [0.3, 0.4) is 0 Å². The first kappa shape index (κ1) is 31.2. The topological polar surface area (TPSA) is 332 Å². The number of anilines is 1. The Bertz CT molecular complexity index is 1290. The summed E-state index contributed by atoms with van der Waals surface area (Å²) in [5, 5.41) is 69.3. The van der Waals surface area contributed by atoms with Crippen molar-refractivity contribution in [1.82, 2.24) is 19.5 Å². The minimum atomic E-state index is -5.65. The number of phosphoric acid groups is 2. The number of hydrogen-bond acceptors (Lipinski definition) is 18. The Balaban J connectivity index is 1.38. The molecule has 0 radical (unpaired) electrons. The van der Waals surface area contributed by atoms with Crippen LogP contribution in [0.2, 0.25) is 0 Å². The molecule has 0 saturated carbocycles. The highest BCUT2D eigenvalue weighted by molar-refractivity contribution is 7.61. The molecule has 11 N–H and O–H groups in total. The second kappa shape index (κ2) is 11.9. The average molecular weight is 619 g/mol. The highest BCUT2D eigenvalue weighted by Gasteiger charge is 2.51. The van der Waals surface area contributed by atoms with Crippen molar-refractivity contribution in [3.8, 4) is 0 Å². The number of nitrogen functional groups attached to an aromatic ring is 1. The van der Waals surface area contributed by atoms with Gasteiger partial charge in [-0.25, -0.2) is 24.1 Å². The third-order valence-corrected chi connectivity index (χ3v) is 8.62. The van der Waals surface area contributed by atoms with E-state index in [4.69, 9.17) is 20.3 Å². The minimum absolute atomic E-state index is 0.0302. The summed E-state index contributed by atoms with van der Waals surface area (Å²) in [5.41, 5.74) is 6.03. The van der Waals surface area contributed by atoms with Crippen molar-refractivity contribution in [3.05, 3.63) is 12.7 Å². The molecular weight excluding hydrogens is 592 g/mol. The molecular formula is C17H27N5O16P2. The summed E-state index contributed by atoms with van der Waals surface area (Å²) in [6.45, 7) is -1.95. The van der Waals surface area contributed by atoms with Crippen LogP contribution in [0.15, 0.2) is 12.7 Å². The Labute approximate surface area is 223 Å². The maximum atomic E-state index is 12.3. The molecule has 0 bridgehead atoms. The highest BCUT2D eigenvalue weighted by Crippen LogP contribution is 2.61. The molecule has 0 amide bonds. The van der Waals surface area contributed by atoms with Crippen molar-refractivity contribution in [2.24, 2.45) is 0 Å². The SMILES string of the molecule is Nc1ncnc2c1ncn2[C@@H]1O[C@H](COP(=O)(O)OP(=O)(O)O[C@@H]2OC([C@H](O)CO)[C@@H](O)C(O)C2O)C(O)C1O. The van der Waals surface area contributed by atoms with Crippen molar-refractivity contribution < 1.29 is 77.5 Å². The van der Waals surface area contributed by atoms with Gasteiger partial charge in [-0.3, -0.25) is 13.6 Å². The minimum Gasteiger partial charge on any atom is -0.394 e. The van der Waals surface area contributed by atoms with Crippen LogP contribution in [0, 0.1) is 0 Å². The second-order valence-electron chi connectivity index (χ2n) is 8.74. The fourth-order valence-electron chi connectivity index (χ4n) is 4.01. The lowest BCUT2D eigenvalue weighted by Gasteiger charge is -2.41. The first-order chi connectivity index (χ1) is 18.7. The maximum absolute atomic E-state index is 12.3. The molecule has 23 heteroatoms. The van der Waals surface area contributed by atoms with E-state index in [1.165, 1.54) is 10.9 Å². The molecule has 7 unspecified atom stereocenters. The van der Waals surface area contributed by atoms with Crippen molar-refractivity contribution in [2.75, 3.05) is 18.9 Å². The molecule has 2 aromatic rings. The lowest BCUT2D eigenvalue weighted by molar-refractivity contribution is -0.292. The Kier molecular flexibility index (Phi) is 9.25. The van der Waals surface area contributed by atoms with Gasteiger partial charge in [0.15, 0.2) is 24.0 Å². The van der Waals surface area contributed by atoms with Crippen LogP contribution in [0.1, 0.15) is 6.23 Å². The molecule has 12 atom stereocenters. The van der Waals surface area contributed by atoms with Crippen LogP contribution in [0.4, 0.5) is 5.82 Å². The van der Waals surface area contributed by atoms with Gasteiger partial charge in [-0.05, 0) is 0 Å². The first-order valence-corrected chi connectivity index (χ1v) is 14.3. The summed E-state index contributed by atoms with van der Waals surface area (Å²) in [7, 11) is -11.2. The summed E-state index contributed by atoms with van der Waals surface area (Å²) in [6.07, 6.45) is -16.0. The van der Waals surface area contributed by atoms with Crippen LogP contribution in [-0.2, 0) is 32.0 Å². The Morgan fingerprint density at radius 2 is 1.68 bits per heavy atom. The van der Waals surface area contributed by atoms with E-state index < -0.39 is 90.2 Å². The molecule has 4 rings (SSSR count). The molecule has 226 valence electrons. The van der Waals surface area contributed by atoms with E-state index in [9.17, 15) is 49.6 Å². The van der Waals surface area contributed by atoms with E-state index in [2.05, 4.69) is 28.3 Å². The predicted octanol–water partition coefficient (Wildman–Crippen LogP) is -4.56. The van der Waals surface area contributed by atoms with Gasteiger partial charge in [-0.15, -0.1) is 0 Å². The van der Waals surface area contributed by atoms with E-state index in [1.807, 2.05) is 0 Å². The van der Waals surface area contributed by atoms with Gasteiger partial charge in [-0.1, -0.05) is 0 Å². The van der Waals surface area contributed by atoms with Gasteiger partial charge in [0, 0.05) is 0 Å². The molecule has 2 saturated heterocycles. The van der Waals surface area contributed by atoms with Gasteiger partial charge in [0.2, 0.25) is 0 Å². The fourth-order valence-corrected chi connectivity index (χ4v) is 6.17. The Hall–Kier alpha value is -1.75. The van der Waals surface area contributed by atoms with Crippen molar-refractivity contribution >= 4 is 32.6 Å². The number of aliphatic hydroxyl groups is 7. The molecule has 2 aliphatic heterocycles. The zero-order valence-electron chi connectivity index (χ0n) is 20.0. The number of aliphatic hydroxyl groups excluding tert-OH is 7. The van der Waals surface area contributed by atoms with E-state index in [0.717, 1.165) is 6.33 Å². The van der Waals surface area contributed by atoms with Gasteiger partial charge in [0.1, 0.15) is 60.7 Å². The third kappa shape index (κ3) is 6.35. The van der Waals surface area contributed by atoms with Gasteiger partial charge in [0.05, 0.1) is 19.5 Å². The number of nitrogens with zero attached hydrogens (tertiary/aromatic N) is 4. The third-order valence-electron chi connectivity index (χ3n) is 6.02. The molecule has 21 nitrogen and oxygen atoms in total. The van der Waals surface area contributed by atoms with Crippen molar-refractivity contribution in [1.29, 1.82) is 0 Å². The van der Waals surface area contributed by atoms with E-state index in [0.29, 0.717) is 0 Å². The van der Waals surface area contributed by atoms with E-state index in [-0.39, 0.29) is 17.0 Å². The maximum Gasteiger partial charge on any atom is 0.483 e. The van der Waals surface area contributed by atoms with E-state index in [1.54, 1.807) is 0 Å². The summed E-state index contributed by atoms with van der Waals surface area (Å²) in [6, 6.07) is 0. The largest absolute Gasteiger partial charge is 0.483 e. The summed E-state index contributed by atoms with van der Waals surface area (Å²) in [5.74, 6) is 0.0302. The van der Waals surface area contributed by atoms with E-state index >= 15 is 0 Å². The summed E-state index contributed by atoms with van der Waals surface area (Å²) < 4.78 is 49.6. The van der Waals surface area contributed by atoms with Crippen LogP contribution in [0.25, 0.3) is 11.2 Å². The number of phosphoric ester groups is 2. The summed E-state index contributed by atoms with van der Waals surface area (Å²) in [4.78, 5) is 31.6. The van der Waals surface area contributed by atoms with Gasteiger partial charge in [-0.2, -0.15) is 4.31 Å². The first-order valence-electron chi connectivity index (χ1n) is 11.3. The number of aromatic nitrogens is 4. The number of ether oxygens (including phenoxy) is 2. The molecule has 0 aliphatic carbocycles. The molecule has 0 aromatic carbocycles. The quantitative estimate of drug-likeness (QED) is 0.112. The second-order valence-corrected chi connectivity index (χ2v) is 11.7. The highest BCUT2D eigenvalue weighted by atomic mass is 31.3. The standard InChI is InChI=1S/C17H27N5O16P2/c18-14-7-15(20-3-19-14)22(4-21-7)16-11(28)8(25)6(35-16)2-34-39(30,31)38-40(32,33)37-17-12(29)9(26)10(27)13(36-17)5(24)1-23/h3-6,8-13,16-17,23-29H,1-2H2,(H,30,31)(H,32,33)(H2,18,19,20)/t5-,6-,8?,9?,10+,11?,12?,13?,16-,17+/m1/s1. The van der Waals surface area contributed by atoms with Crippen LogP contribution < -0.4 is 5.73 Å². The number of hydrogen-bond donors (Lipinski definition) is 10. The zero-order valence-corrected chi connectivity index (χ0v) is 21.8. The van der Waals surface area contributed by atoms with Gasteiger partial charge >= 0.3 is 15.6 Å². The number of imidazole rings is 1.